The van der Waals surface area contributed by atoms with Crippen molar-refractivity contribution in [3.05, 3.63) is 64.9 Å². The number of nitrogens with zero attached hydrogens (tertiary/aromatic N) is 2. The molecule has 0 unspecified atom stereocenters. The zero-order valence-electron chi connectivity index (χ0n) is 11.9. The number of benzene rings is 1. The van der Waals surface area contributed by atoms with Gasteiger partial charge in [0.15, 0.2) is 0 Å². The van der Waals surface area contributed by atoms with Gasteiger partial charge in [-0.1, -0.05) is 29.8 Å². The van der Waals surface area contributed by atoms with Gasteiger partial charge in [-0.05, 0) is 36.2 Å². The molecule has 2 amide bonds. The maximum atomic E-state index is 12.2. The van der Waals surface area contributed by atoms with Gasteiger partial charge in [0, 0.05) is 37.1 Å². The minimum absolute atomic E-state index is 0.0868. The van der Waals surface area contributed by atoms with Crippen molar-refractivity contribution >= 4 is 17.6 Å². The average Bonchev–Trinajstić information content (AvgIpc) is 2.50. The van der Waals surface area contributed by atoms with E-state index >= 15 is 0 Å². The first-order valence-electron chi connectivity index (χ1n) is 6.85. The van der Waals surface area contributed by atoms with Gasteiger partial charge in [-0.15, -0.1) is 0 Å². The lowest BCUT2D eigenvalue weighted by molar-refractivity contribution is 0.193. The van der Waals surface area contributed by atoms with E-state index in [4.69, 9.17) is 11.6 Å². The molecule has 0 aliphatic heterocycles. The van der Waals surface area contributed by atoms with Crippen LogP contribution in [-0.2, 0) is 13.1 Å². The van der Waals surface area contributed by atoms with Crippen molar-refractivity contribution in [2.24, 2.45) is 0 Å². The molecule has 4 nitrogen and oxygen atoms in total. The first-order valence-corrected chi connectivity index (χ1v) is 7.23. The molecule has 1 aromatic heterocycles. The average molecular weight is 304 g/mol. The van der Waals surface area contributed by atoms with E-state index in [-0.39, 0.29) is 6.03 Å². The maximum absolute atomic E-state index is 12.2. The highest BCUT2D eigenvalue weighted by Crippen LogP contribution is 2.13. The Balaban J connectivity index is 2.11. The fraction of sp³-hybridized carbons (Fsp3) is 0.250. The van der Waals surface area contributed by atoms with Crippen LogP contribution in [0.4, 0.5) is 4.79 Å². The topological polar surface area (TPSA) is 45.2 Å². The van der Waals surface area contributed by atoms with Crippen LogP contribution in [0.25, 0.3) is 0 Å². The van der Waals surface area contributed by atoms with Gasteiger partial charge in [-0.2, -0.15) is 0 Å². The molecule has 0 atom stereocenters. The van der Waals surface area contributed by atoms with Gasteiger partial charge < -0.3 is 10.2 Å². The summed E-state index contributed by atoms with van der Waals surface area (Å²) in [6.45, 7) is 3.55. The minimum Gasteiger partial charge on any atom is -0.338 e. The molecule has 0 radical (unpaired) electrons. The Bertz CT molecular complexity index is 572. The van der Waals surface area contributed by atoms with Crippen LogP contribution < -0.4 is 5.32 Å². The molecule has 2 aromatic rings. The van der Waals surface area contributed by atoms with Gasteiger partial charge in [-0.3, -0.25) is 4.98 Å². The molecule has 21 heavy (non-hydrogen) atoms. The molecule has 0 spiro atoms. The predicted octanol–water partition coefficient (Wildman–Crippen LogP) is 3.47. The zero-order chi connectivity index (χ0) is 15.1. The third-order valence-electron chi connectivity index (χ3n) is 3.00. The molecule has 0 saturated carbocycles. The number of pyridine rings is 1. The normalized spacial score (nSPS) is 10.2. The van der Waals surface area contributed by atoms with Crippen LogP contribution in [-0.4, -0.2) is 22.5 Å². The van der Waals surface area contributed by atoms with Crippen molar-refractivity contribution in [1.82, 2.24) is 15.2 Å². The number of hydrogen-bond donors (Lipinski definition) is 1. The Morgan fingerprint density at radius 2 is 1.90 bits per heavy atom. The molecule has 0 aliphatic rings. The molecular formula is C16H18ClN3O. The number of halogens is 1. The Kier molecular flexibility index (Phi) is 5.58. The van der Waals surface area contributed by atoms with Gasteiger partial charge >= 0.3 is 6.03 Å². The monoisotopic (exact) mass is 303 g/mol. The summed E-state index contributed by atoms with van der Waals surface area (Å²) in [5.41, 5.74) is 2.03. The van der Waals surface area contributed by atoms with E-state index in [2.05, 4.69) is 10.3 Å². The van der Waals surface area contributed by atoms with Crippen molar-refractivity contribution in [3.63, 3.8) is 0 Å². The van der Waals surface area contributed by atoms with Crippen molar-refractivity contribution < 1.29 is 4.79 Å². The number of amides is 2. The molecule has 5 heteroatoms. The highest BCUT2D eigenvalue weighted by molar-refractivity contribution is 6.30. The van der Waals surface area contributed by atoms with E-state index in [1.54, 1.807) is 17.3 Å². The molecule has 1 N–H and O–H groups in total. The zero-order valence-corrected chi connectivity index (χ0v) is 12.7. The number of aromatic nitrogens is 1. The van der Waals surface area contributed by atoms with Gasteiger partial charge in [0.25, 0.3) is 0 Å². The minimum atomic E-state index is -0.0868. The third-order valence-corrected chi connectivity index (χ3v) is 3.25. The van der Waals surface area contributed by atoms with Gasteiger partial charge in [-0.25, -0.2) is 4.79 Å². The van der Waals surface area contributed by atoms with Crippen LogP contribution in [0.1, 0.15) is 18.1 Å². The summed E-state index contributed by atoms with van der Waals surface area (Å²) in [7, 11) is 0. The quantitative estimate of drug-likeness (QED) is 0.919. The van der Waals surface area contributed by atoms with Crippen LogP contribution in [0.2, 0.25) is 5.02 Å². The molecule has 1 aromatic carbocycles. The van der Waals surface area contributed by atoms with Crippen molar-refractivity contribution in [2.45, 2.75) is 20.0 Å². The Morgan fingerprint density at radius 1 is 1.19 bits per heavy atom. The van der Waals surface area contributed by atoms with E-state index < -0.39 is 0 Å². The van der Waals surface area contributed by atoms with E-state index in [1.165, 1.54) is 0 Å². The van der Waals surface area contributed by atoms with Gasteiger partial charge in [0.2, 0.25) is 0 Å². The lowest BCUT2D eigenvalue weighted by Crippen LogP contribution is -2.38. The number of rotatable bonds is 5. The fourth-order valence-electron chi connectivity index (χ4n) is 1.98. The van der Waals surface area contributed by atoms with Crippen LogP contribution in [0.3, 0.4) is 0 Å². The number of hydrogen-bond acceptors (Lipinski definition) is 2. The molecule has 0 aliphatic carbocycles. The predicted molar refractivity (Wildman–Crippen MR) is 84.0 cm³/mol. The first-order chi connectivity index (χ1) is 10.2. The van der Waals surface area contributed by atoms with Crippen LogP contribution >= 0.6 is 11.6 Å². The largest absolute Gasteiger partial charge is 0.338 e. The summed E-state index contributed by atoms with van der Waals surface area (Å²) in [5, 5.41) is 3.53. The van der Waals surface area contributed by atoms with Crippen molar-refractivity contribution in [2.75, 3.05) is 6.54 Å². The Morgan fingerprint density at radius 3 is 2.52 bits per heavy atom. The molecule has 1 heterocycles. The second-order valence-electron chi connectivity index (χ2n) is 4.68. The van der Waals surface area contributed by atoms with Gasteiger partial charge in [0.05, 0.1) is 0 Å². The van der Waals surface area contributed by atoms with Crippen molar-refractivity contribution in [3.8, 4) is 0 Å². The van der Waals surface area contributed by atoms with Crippen LogP contribution in [0.15, 0.2) is 48.8 Å². The van der Waals surface area contributed by atoms with Crippen molar-refractivity contribution in [1.29, 1.82) is 0 Å². The van der Waals surface area contributed by atoms with E-state index in [9.17, 15) is 4.79 Å². The SMILES string of the molecule is CCNC(=O)N(Cc1ccc(Cl)cc1)Cc1cccnc1. The van der Waals surface area contributed by atoms with Crippen LogP contribution in [0, 0.1) is 0 Å². The van der Waals surface area contributed by atoms with E-state index in [1.807, 2.05) is 43.3 Å². The second kappa shape index (κ2) is 7.64. The fourth-order valence-corrected chi connectivity index (χ4v) is 2.11. The standard InChI is InChI=1S/C16H18ClN3O/c1-2-19-16(21)20(12-14-4-3-9-18-10-14)11-13-5-7-15(17)8-6-13/h3-10H,2,11-12H2,1H3,(H,19,21). The summed E-state index contributed by atoms with van der Waals surface area (Å²) < 4.78 is 0. The van der Waals surface area contributed by atoms with Gasteiger partial charge in [0.1, 0.15) is 0 Å². The highest BCUT2D eigenvalue weighted by atomic mass is 35.5. The lowest BCUT2D eigenvalue weighted by Gasteiger charge is -2.23. The number of carbonyl (C=O) groups excluding carboxylic acids is 1. The van der Waals surface area contributed by atoms with E-state index in [0.29, 0.717) is 24.7 Å². The molecule has 0 fully saturated rings. The summed E-state index contributed by atoms with van der Waals surface area (Å²) in [6, 6.07) is 11.3. The lowest BCUT2D eigenvalue weighted by atomic mass is 10.2. The Hall–Kier alpha value is -2.07. The van der Waals surface area contributed by atoms with E-state index in [0.717, 1.165) is 11.1 Å². The summed E-state index contributed by atoms with van der Waals surface area (Å²) >= 11 is 5.89. The summed E-state index contributed by atoms with van der Waals surface area (Å²) in [4.78, 5) is 18.0. The molecule has 0 saturated heterocycles. The van der Waals surface area contributed by atoms with Crippen LogP contribution in [0.5, 0.6) is 0 Å². The number of carbonyl (C=O) groups is 1. The maximum Gasteiger partial charge on any atom is 0.317 e. The first kappa shape index (κ1) is 15.3. The Labute approximate surface area is 129 Å². The molecular weight excluding hydrogens is 286 g/mol. The molecule has 0 bridgehead atoms. The highest BCUT2D eigenvalue weighted by Gasteiger charge is 2.13. The molecule has 2 rings (SSSR count). The third kappa shape index (κ3) is 4.76. The number of urea groups is 1. The smallest absolute Gasteiger partial charge is 0.317 e. The molecule has 110 valence electrons. The second-order valence-corrected chi connectivity index (χ2v) is 5.12. The summed E-state index contributed by atoms with van der Waals surface area (Å²) in [5.74, 6) is 0. The number of nitrogens with one attached hydrogen (secondary N) is 1. The summed E-state index contributed by atoms with van der Waals surface area (Å²) in [6.07, 6.45) is 3.49.